The maximum Gasteiger partial charge on any atom is 0.192 e. The van der Waals surface area contributed by atoms with E-state index in [0.717, 1.165) is 22.8 Å². The van der Waals surface area contributed by atoms with Gasteiger partial charge in [-0.1, -0.05) is 0 Å². The number of hydrogen-bond donors (Lipinski definition) is 0. The quantitative estimate of drug-likeness (QED) is 0.648. The number of rotatable bonds is 1. The van der Waals surface area contributed by atoms with Crippen LogP contribution in [0.1, 0.15) is 41.5 Å². The first kappa shape index (κ1) is 11.2. The molecule has 0 amide bonds. The third-order valence-corrected chi connectivity index (χ3v) is 3.49. The Morgan fingerprint density at radius 1 is 0.562 bits per heavy atom. The molecule has 0 fully saturated rings. The van der Waals surface area contributed by atoms with Gasteiger partial charge in [-0.25, -0.2) is 0 Å². The minimum absolute atomic E-state index is 0.583. The van der Waals surface area contributed by atoms with Crippen LogP contribution in [-0.2, 0) is 0 Å². The Labute approximate surface area is 96.3 Å². The van der Waals surface area contributed by atoms with Crippen molar-refractivity contribution in [3.8, 4) is 0 Å². The molecule has 0 saturated heterocycles. The molecule has 0 aliphatic carbocycles. The topological polar surface area (TPSA) is 49.4 Å². The van der Waals surface area contributed by atoms with Crippen LogP contribution in [0.2, 0.25) is 0 Å². The van der Waals surface area contributed by atoms with Crippen LogP contribution in [0.15, 0.2) is 20.0 Å². The summed E-state index contributed by atoms with van der Waals surface area (Å²) in [7, 11) is 0. The van der Waals surface area contributed by atoms with Gasteiger partial charge in [0.1, 0.15) is 0 Å². The van der Waals surface area contributed by atoms with Crippen LogP contribution in [0.5, 0.6) is 0 Å². The molecule has 2 rings (SSSR count). The first-order chi connectivity index (χ1) is 7.27. The molecule has 0 aromatic heterocycles. The molecule has 0 aromatic carbocycles. The monoisotopic (exact) mass is 218 g/mol. The Morgan fingerprint density at radius 3 is 0.938 bits per heavy atom. The summed E-state index contributed by atoms with van der Waals surface area (Å²) in [6.07, 6.45) is 0. The Kier molecular flexibility index (Phi) is 2.16. The van der Waals surface area contributed by atoms with Crippen LogP contribution in [0, 0.1) is 0 Å². The van der Waals surface area contributed by atoms with Crippen molar-refractivity contribution in [2.45, 2.75) is 52.9 Å². The van der Waals surface area contributed by atoms with E-state index in [1.54, 1.807) is 0 Å². The Morgan fingerprint density at radius 2 is 0.750 bits per heavy atom. The van der Waals surface area contributed by atoms with Gasteiger partial charge in [0.25, 0.3) is 0 Å². The summed E-state index contributed by atoms with van der Waals surface area (Å²) in [5.41, 5.74) is 2.76. The van der Waals surface area contributed by atoms with E-state index in [-0.39, 0.29) is 0 Å². The fourth-order valence-corrected chi connectivity index (χ4v) is 2.10. The molecule has 0 bridgehead atoms. The molecule has 0 saturated carbocycles. The van der Waals surface area contributed by atoms with E-state index in [1.165, 1.54) is 0 Å². The summed E-state index contributed by atoms with van der Waals surface area (Å²) in [6.45, 7) is 11.9. The van der Waals surface area contributed by atoms with Crippen molar-refractivity contribution in [3.05, 3.63) is 0 Å². The lowest BCUT2D eigenvalue weighted by atomic mass is 9.99. The fourth-order valence-electron chi connectivity index (χ4n) is 2.10. The number of nitrogens with zero attached hydrogens (tertiary/aromatic N) is 4. The van der Waals surface area contributed by atoms with Crippen molar-refractivity contribution >= 4 is 22.8 Å². The highest BCUT2D eigenvalue weighted by Crippen LogP contribution is 2.38. The zero-order valence-corrected chi connectivity index (χ0v) is 10.8. The molecule has 86 valence electrons. The van der Waals surface area contributed by atoms with Crippen LogP contribution >= 0.6 is 0 Å². The molecule has 2 heterocycles. The van der Waals surface area contributed by atoms with Gasteiger partial charge in [-0.3, -0.25) is 20.0 Å². The van der Waals surface area contributed by atoms with Gasteiger partial charge in [0.2, 0.25) is 0 Å². The van der Waals surface area contributed by atoms with E-state index in [1.807, 2.05) is 41.5 Å². The van der Waals surface area contributed by atoms with Crippen molar-refractivity contribution < 1.29 is 0 Å². The van der Waals surface area contributed by atoms with E-state index in [0.29, 0.717) is 0 Å². The van der Waals surface area contributed by atoms with Crippen LogP contribution < -0.4 is 0 Å². The minimum atomic E-state index is -0.583. The van der Waals surface area contributed by atoms with Crippen molar-refractivity contribution in [2.24, 2.45) is 20.0 Å². The van der Waals surface area contributed by atoms with Crippen molar-refractivity contribution in [1.29, 1.82) is 0 Å². The van der Waals surface area contributed by atoms with Gasteiger partial charge in [-0.05, 0) is 41.5 Å². The van der Waals surface area contributed by atoms with Gasteiger partial charge < -0.3 is 0 Å². The zero-order chi connectivity index (χ0) is 12.1. The maximum atomic E-state index is 4.62. The lowest BCUT2D eigenvalue weighted by molar-refractivity contribution is 0.297. The highest BCUT2D eigenvalue weighted by Gasteiger charge is 2.49. The summed E-state index contributed by atoms with van der Waals surface area (Å²) < 4.78 is 0. The van der Waals surface area contributed by atoms with Crippen molar-refractivity contribution in [1.82, 2.24) is 0 Å². The second kappa shape index (κ2) is 3.09. The molecule has 4 nitrogen and oxygen atoms in total. The van der Waals surface area contributed by atoms with Crippen LogP contribution in [-0.4, -0.2) is 34.2 Å². The Hall–Kier alpha value is -1.32. The fraction of sp³-hybridized carbons (Fsp3) is 0.667. The van der Waals surface area contributed by atoms with E-state index in [9.17, 15) is 0 Å². The molecule has 4 heteroatoms. The van der Waals surface area contributed by atoms with E-state index in [2.05, 4.69) is 20.0 Å². The Bertz CT molecular complexity index is 385. The lowest BCUT2D eigenvalue weighted by Crippen LogP contribution is -2.42. The summed E-state index contributed by atoms with van der Waals surface area (Å²) in [5, 5.41) is 0. The van der Waals surface area contributed by atoms with Crippen molar-refractivity contribution in [3.63, 3.8) is 0 Å². The van der Waals surface area contributed by atoms with E-state index < -0.39 is 11.3 Å². The van der Waals surface area contributed by atoms with Gasteiger partial charge in [0.15, 0.2) is 11.3 Å². The summed E-state index contributed by atoms with van der Waals surface area (Å²) in [5.74, 6) is 0. The SMILES string of the molecule is CC1=NC(C)(C2(C)N=C(C)C(C)=N2)N=C1C. The molecule has 0 N–H and O–H groups in total. The average molecular weight is 218 g/mol. The zero-order valence-electron chi connectivity index (χ0n) is 10.8. The minimum Gasteiger partial charge on any atom is -0.254 e. The van der Waals surface area contributed by atoms with Gasteiger partial charge >= 0.3 is 0 Å². The first-order valence-electron chi connectivity index (χ1n) is 5.54. The summed E-state index contributed by atoms with van der Waals surface area (Å²) in [4.78, 5) is 18.5. The largest absolute Gasteiger partial charge is 0.254 e. The Balaban J connectivity index is 2.50. The third kappa shape index (κ3) is 1.36. The average Bonchev–Trinajstić information content (AvgIpc) is 2.55. The standard InChI is InChI=1S/C12H18N4/c1-7-8(2)14-11(5,13-7)12(6)15-9(3)10(4)16-12/h1-6H3. The first-order valence-corrected chi connectivity index (χ1v) is 5.54. The van der Waals surface area contributed by atoms with Crippen LogP contribution in [0.4, 0.5) is 0 Å². The maximum absolute atomic E-state index is 4.62. The second-order valence-electron chi connectivity index (χ2n) is 4.83. The second-order valence-corrected chi connectivity index (χ2v) is 4.83. The molecule has 0 atom stereocenters. The van der Waals surface area contributed by atoms with Gasteiger partial charge in [0.05, 0.1) is 22.8 Å². The van der Waals surface area contributed by atoms with Crippen LogP contribution in [0.3, 0.4) is 0 Å². The van der Waals surface area contributed by atoms with Gasteiger partial charge in [-0.15, -0.1) is 0 Å². The molecule has 2 aliphatic heterocycles. The summed E-state index contributed by atoms with van der Waals surface area (Å²) >= 11 is 0. The normalized spacial score (nSPS) is 26.1. The molecule has 0 spiro atoms. The van der Waals surface area contributed by atoms with Crippen molar-refractivity contribution in [2.75, 3.05) is 0 Å². The molecule has 0 radical (unpaired) electrons. The van der Waals surface area contributed by atoms with Crippen LogP contribution in [0.25, 0.3) is 0 Å². The number of hydrogen-bond acceptors (Lipinski definition) is 4. The lowest BCUT2D eigenvalue weighted by Gasteiger charge is -2.31. The molecule has 0 aromatic rings. The number of aliphatic imine (C=N–C) groups is 4. The third-order valence-electron chi connectivity index (χ3n) is 3.49. The molecule has 16 heavy (non-hydrogen) atoms. The van der Waals surface area contributed by atoms with Gasteiger partial charge in [0, 0.05) is 0 Å². The molecular formula is C12H18N4. The predicted octanol–water partition coefficient (Wildman–Crippen LogP) is 2.29. The highest BCUT2D eigenvalue weighted by molar-refractivity contribution is 6.43. The molecule has 2 aliphatic rings. The summed E-state index contributed by atoms with van der Waals surface area (Å²) in [6, 6.07) is 0. The van der Waals surface area contributed by atoms with Gasteiger partial charge in [-0.2, -0.15) is 0 Å². The molecular weight excluding hydrogens is 200 g/mol. The predicted molar refractivity (Wildman–Crippen MR) is 69.2 cm³/mol. The van der Waals surface area contributed by atoms with E-state index >= 15 is 0 Å². The van der Waals surface area contributed by atoms with E-state index in [4.69, 9.17) is 0 Å². The highest BCUT2D eigenvalue weighted by atomic mass is 15.3. The molecule has 0 unspecified atom stereocenters. The smallest absolute Gasteiger partial charge is 0.192 e.